The molecule has 4 nitrogen and oxygen atoms in total. The number of hydrogen-bond donors (Lipinski definition) is 1. The smallest absolute Gasteiger partial charge is 0.170 e. The fraction of sp³-hybridized carbons (Fsp3) is 0.222. The average molecular weight is 333 g/mol. The molecule has 23 heavy (non-hydrogen) atoms. The molecule has 0 aliphatic rings. The Labute approximate surface area is 139 Å². The molecule has 0 amide bonds. The van der Waals surface area contributed by atoms with Crippen molar-refractivity contribution in [2.75, 3.05) is 7.11 Å². The standard InChI is InChI=1S/C18H17ClO4/c1-23-18-10-12(3-9-16(18)21)2-8-15(20)11-17(22)13-4-6-14(19)7-5-13/h3-7,9-10,21H,2,8,11H2,1H3. The normalized spacial score (nSPS) is 10.3. The molecule has 0 aliphatic heterocycles. The minimum Gasteiger partial charge on any atom is -0.504 e. The Bertz CT molecular complexity index is 707. The molecule has 0 spiro atoms. The summed E-state index contributed by atoms with van der Waals surface area (Å²) in [5.41, 5.74) is 1.35. The highest BCUT2D eigenvalue weighted by molar-refractivity contribution is 6.30. The van der Waals surface area contributed by atoms with Crippen molar-refractivity contribution in [2.24, 2.45) is 0 Å². The van der Waals surface area contributed by atoms with Crippen LogP contribution in [0.25, 0.3) is 0 Å². The monoisotopic (exact) mass is 332 g/mol. The Morgan fingerprint density at radius 2 is 1.83 bits per heavy atom. The van der Waals surface area contributed by atoms with Crippen LogP contribution in [0, 0.1) is 0 Å². The molecule has 0 aliphatic carbocycles. The number of ether oxygens (including phenoxy) is 1. The molecule has 0 bridgehead atoms. The van der Waals surface area contributed by atoms with Gasteiger partial charge in [-0.2, -0.15) is 0 Å². The average Bonchev–Trinajstić information content (AvgIpc) is 2.54. The van der Waals surface area contributed by atoms with Gasteiger partial charge in [0.15, 0.2) is 17.3 Å². The number of methoxy groups -OCH3 is 1. The number of phenols is 1. The molecule has 0 unspecified atom stereocenters. The highest BCUT2D eigenvalue weighted by Crippen LogP contribution is 2.26. The first kappa shape index (κ1) is 17.0. The van der Waals surface area contributed by atoms with E-state index in [9.17, 15) is 14.7 Å². The molecular weight excluding hydrogens is 316 g/mol. The largest absolute Gasteiger partial charge is 0.504 e. The number of aromatic hydroxyl groups is 1. The minimum absolute atomic E-state index is 0.0560. The van der Waals surface area contributed by atoms with E-state index in [-0.39, 0.29) is 30.2 Å². The zero-order valence-corrected chi connectivity index (χ0v) is 13.5. The zero-order valence-electron chi connectivity index (χ0n) is 12.7. The number of hydrogen-bond acceptors (Lipinski definition) is 4. The second-order valence-electron chi connectivity index (χ2n) is 5.15. The van der Waals surface area contributed by atoms with E-state index in [1.807, 2.05) is 0 Å². The second kappa shape index (κ2) is 7.79. The van der Waals surface area contributed by atoms with Gasteiger partial charge in [-0.3, -0.25) is 9.59 Å². The van der Waals surface area contributed by atoms with Crippen molar-refractivity contribution in [1.29, 1.82) is 0 Å². The summed E-state index contributed by atoms with van der Waals surface area (Å²) in [6.07, 6.45) is 0.619. The van der Waals surface area contributed by atoms with Gasteiger partial charge >= 0.3 is 0 Å². The van der Waals surface area contributed by atoms with E-state index in [0.29, 0.717) is 22.8 Å². The van der Waals surface area contributed by atoms with Crippen LogP contribution in [0.3, 0.4) is 0 Å². The summed E-state index contributed by atoms with van der Waals surface area (Å²) >= 11 is 5.77. The Morgan fingerprint density at radius 3 is 2.48 bits per heavy atom. The van der Waals surface area contributed by atoms with Gasteiger partial charge in [0.2, 0.25) is 0 Å². The van der Waals surface area contributed by atoms with Crippen molar-refractivity contribution in [2.45, 2.75) is 19.3 Å². The Morgan fingerprint density at radius 1 is 1.13 bits per heavy atom. The molecule has 5 heteroatoms. The summed E-state index contributed by atoms with van der Waals surface area (Å²) in [5, 5.41) is 10.1. The highest BCUT2D eigenvalue weighted by Gasteiger charge is 2.12. The number of Topliss-reactive ketones (excluding diaryl/α,β-unsaturated/α-hetero) is 2. The van der Waals surface area contributed by atoms with Crippen LogP contribution in [0.2, 0.25) is 5.02 Å². The van der Waals surface area contributed by atoms with Gasteiger partial charge in [0.05, 0.1) is 13.5 Å². The van der Waals surface area contributed by atoms with Gasteiger partial charge in [-0.15, -0.1) is 0 Å². The van der Waals surface area contributed by atoms with E-state index < -0.39 is 0 Å². The number of rotatable bonds is 7. The van der Waals surface area contributed by atoms with Crippen LogP contribution in [0.4, 0.5) is 0 Å². The van der Waals surface area contributed by atoms with E-state index in [0.717, 1.165) is 5.56 Å². The third-order valence-electron chi connectivity index (χ3n) is 3.46. The van der Waals surface area contributed by atoms with E-state index in [1.165, 1.54) is 13.2 Å². The summed E-state index contributed by atoms with van der Waals surface area (Å²) in [6.45, 7) is 0. The van der Waals surface area contributed by atoms with Gasteiger partial charge in [0.25, 0.3) is 0 Å². The van der Waals surface area contributed by atoms with E-state index in [2.05, 4.69) is 0 Å². The Kier molecular flexibility index (Phi) is 5.77. The molecule has 2 aromatic carbocycles. The Balaban J connectivity index is 1.90. The van der Waals surface area contributed by atoms with Crippen LogP contribution in [-0.2, 0) is 11.2 Å². The molecule has 0 heterocycles. The lowest BCUT2D eigenvalue weighted by atomic mass is 10.0. The van der Waals surface area contributed by atoms with Crippen molar-refractivity contribution >= 4 is 23.2 Å². The zero-order chi connectivity index (χ0) is 16.8. The third-order valence-corrected chi connectivity index (χ3v) is 3.71. The van der Waals surface area contributed by atoms with Gasteiger partial charge in [-0.05, 0) is 48.4 Å². The summed E-state index contributed by atoms with van der Waals surface area (Å²) in [5.74, 6) is 0.0830. The second-order valence-corrected chi connectivity index (χ2v) is 5.59. The van der Waals surface area contributed by atoms with Gasteiger partial charge in [-0.25, -0.2) is 0 Å². The van der Waals surface area contributed by atoms with Crippen molar-refractivity contribution < 1.29 is 19.4 Å². The van der Waals surface area contributed by atoms with Crippen molar-refractivity contribution in [1.82, 2.24) is 0 Å². The highest BCUT2D eigenvalue weighted by atomic mass is 35.5. The van der Waals surface area contributed by atoms with Crippen molar-refractivity contribution in [3.63, 3.8) is 0 Å². The predicted molar refractivity (Wildman–Crippen MR) is 88.4 cm³/mol. The van der Waals surface area contributed by atoms with Crippen LogP contribution >= 0.6 is 11.6 Å². The first-order chi connectivity index (χ1) is 11.0. The lowest BCUT2D eigenvalue weighted by Gasteiger charge is -2.06. The fourth-order valence-corrected chi connectivity index (χ4v) is 2.29. The minimum atomic E-state index is -0.213. The molecule has 0 aromatic heterocycles. The quantitative estimate of drug-likeness (QED) is 0.618. The topological polar surface area (TPSA) is 63.6 Å². The lowest BCUT2D eigenvalue weighted by molar-refractivity contribution is -0.118. The molecule has 0 fully saturated rings. The van der Waals surface area contributed by atoms with Gasteiger partial charge in [0.1, 0.15) is 5.78 Å². The van der Waals surface area contributed by atoms with E-state index >= 15 is 0 Å². The van der Waals surface area contributed by atoms with E-state index in [1.54, 1.807) is 36.4 Å². The fourth-order valence-electron chi connectivity index (χ4n) is 2.17. The van der Waals surface area contributed by atoms with Gasteiger partial charge in [-0.1, -0.05) is 17.7 Å². The molecule has 1 N–H and O–H groups in total. The molecule has 0 saturated carbocycles. The van der Waals surface area contributed by atoms with Gasteiger partial charge < -0.3 is 9.84 Å². The van der Waals surface area contributed by atoms with Crippen LogP contribution in [0.5, 0.6) is 11.5 Å². The molecule has 120 valence electrons. The first-order valence-corrected chi connectivity index (χ1v) is 7.53. The SMILES string of the molecule is COc1cc(CCC(=O)CC(=O)c2ccc(Cl)cc2)ccc1O. The maximum atomic E-state index is 12.0. The molecule has 0 atom stereocenters. The summed E-state index contributed by atoms with van der Waals surface area (Å²) in [6, 6.07) is 11.4. The Hall–Kier alpha value is -2.33. The summed E-state index contributed by atoms with van der Waals surface area (Å²) in [7, 11) is 1.47. The van der Waals surface area contributed by atoms with Crippen molar-refractivity contribution in [3.8, 4) is 11.5 Å². The maximum absolute atomic E-state index is 12.0. The first-order valence-electron chi connectivity index (χ1n) is 7.16. The maximum Gasteiger partial charge on any atom is 0.170 e. The van der Waals surface area contributed by atoms with Crippen LogP contribution < -0.4 is 4.74 Å². The molecule has 0 radical (unpaired) electrons. The van der Waals surface area contributed by atoms with Crippen LogP contribution in [0.15, 0.2) is 42.5 Å². The van der Waals surface area contributed by atoms with Gasteiger partial charge in [0, 0.05) is 17.0 Å². The van der Waals surface area contributed by atoms with Crippen molar-refractivity contribution in [3.05, 3.63) is 58.6 Å². The number of halogens is 1. The predicted octanol–water partition coefficient (Wildman–Crippen LogP) is 3.83. The molecule has 2 rings (SSSR count). The molecule has 0 saturated heterocycles. The number of benzene rings is 2. The van der Waals surface area contributed by atoms with E-state index in [4.69, 9.17) is 16.3 Å². The van der Waals surface area contributed by atoms with Crippen LogP contribution in [0.1, 0.15) is 28.8 Å². The molecular formula is C18H17ClO4. The lowest BCUT2D eigenvalue weighted by Crippen LogP contribution is -2.09. The number of carbonyl (C=O) groups excluding carboxylic acids is 2. The number of ketones is 2. The number of carbonyl (C=O) groups is 2. The third kappa shape index (κ3) is 4.83. The number of aryl methyl sites for hydroxylation is 1. The summed E-state index contributed by atoms with van der Waals surface area (Å²) in [4.78, 5) is 24.0. The summed E-state index contributed by atoms with van der Waals surface area (Å²) < 4.78 is 5.02. The molecule has 2 aromatic rings. The van der Waals surface area contributed by atoms with Crippen LogP contribution in [-0.4, -0.2) is 23.8 Å². The number of phenolic OH excluding ortho intramolecular Hbond substituents is 1.